The van der Waals surface area contributed by atoms with Crippen molar-refractivity contribution in [3.8, 4) is 6.07 Å². The molecule has 1 saturated carbocycles. The third kappa shape index (κ3) is 5.94. The van der Waals surface area contributed by atoms with Crippen LogP contribution in [0.3, 0.4) is 0 Å². The molecule has 0 aromatic heterocycles. The number of nitrogens with zero attached hydrogens (tertiary/aromatic N) is 4. The fourth-order valence-corrected chi connectivity index (χ4v) is 8.67. The molecule has 3 aliphatic heterocycles. The van der Waals surface area contributed by atoms with Crippen LogP contribution in [0.4, 0.5) is 10.1 Å². The average Bonchev–Trinajstić information content (AvgIpc) is 3.43. The largest absolute Gasteiger partial charge is 0.469 e. The molecule has 224 valence electrons. The number of halogens is 1. The second kappa shape index (κ2) is 12.7. The van der Waals surface area contributed by atoms with E-state index in [0.29, 0.717) is 29.7 Å². The first-order valence-electron chi connectivity index (χ1n) is 16.0. The zero-order chi connectivity index (χ0) is 29.1. The quantitative estimate of drug-likeness (QED) is 0.352. The molecule has 4 fully saturated rings. The van der Waals surface area contributed by atoms with Gasteiger partial charge in [0, 0.05) is 49.6 Å². The molecule has 0 bridgehead atoms. The Balaban J connectivity index is 1.17. The third-order valence-electron chi connectivity index (χ3n) is 10.9. The highest BCUT2D eigenvalue weighted by atomic mass is 19.1. The molecule has 2 aromatic carbocycles. The number of piperidine rings is 1. The van der Waals surface area contributed by atoms with Crippen LogP contribution >= 0.6 is 0 Å². The highest BCUT2D eigenvalue weighted by molar-refractivity contribution is 5.69. The summed E-state index contributed by atoms with van der Waals surface area (Å²) in [5.74, 6) is 1.47. The van der Waals surface area contributed by atoms with E-state index in [9.17, 15) is 9.18 Å². The predicted octanol–water partition coefficient (Wildman–Crippen LogP) is 5.47. The molecule has 4 aliphatic rings. The predicted molar refractivity (Wildman–Crippen MR) is 163 cm³/mol. The maximum atomic E-state index is 14.9. The SMILES string of the molecule is COC(=O)C[C@H]1CCC[C@@H]1[C@](CN1CCC1)(c1cccc(F)c1)C1CCN(CC2CN(c3ccc(C#N)cc3)C2)CC1. The number of anilines is 1. The first-order valence-corrected chi connectivity index (χ1v) is 16.0. The molecular formula is C35H45FN4O2. The highest BCUT2D eigenvalue weighted by Gasteiger charge is 2.53. The normalized spacial score (nSPS) is 25.3. The minimum absolute atomic E-state index is 0.116. The van der Waals surface area contributed by atoms with Crippen molar-refractivity contribution in [2.45, 2.75) is 50.4 Å². The van der Waals surface area contributed by atoms with E-state index in [-0.39, 0.29) is 23.1 Å². The van der Waals surface area contributed by atoms with Gasteiger partial charge in [-0.25, -0.2) is 4.39 Å². The number of esters is 1. The third-order valence-corrected chi connectivity index (χ3v) is 10.9. The zero-order valence-electron chi connectivity index (χ0n) is 25.0. The molecule has 6 rings (SSSR count). The van der Waals surface area contributed by atoms with Crippen LogP contribution in [-0.2, 0) is 14.9 Å². The van der Waals surface area contributed by atoms with Gasteiger partial charge in [-0.2, -0.15) is 5.26 Å². The molecule has 3 atom stereocenters. The van der Waals surface area contributed by atoms with E-state index in [1.807, 2.05) is 24.3 Å². The summed E-state index contributed by atoms with van der Waals surface area (Å²) in [6.45, 7) is 8.58. The van der Waals surface area contributed by atoms with Crippen LogP contribution in [0.5, 0.6) is 0 Å². The van der Waals surface area contributed by atoms with Gasteiger partial charge in [-0.05, 0) is 118 Å². The van der Waals surface area contributed by atoms with Crippen LogP contribution in [0, 0.1) is 40.8 Å². The molecule has 6 nitrogen and oxygen atoms in total. The number of hydrogen-bond donors (Lipinski definition) is 0. The Bertz CT molecular complexity index is 1260. The summed E-state index contributed by atoms with van der Waals surface area (Å²) in [5, 5.41) is 9.08. The van der Waals surface area contributed by atoms with Crippen molar-refractivity contribution in [2.24, 2.45) is 23.7 Å². The van der Waals surface area contributed by atoms with Gasteiger partial charge >= 0.3 is 5.97 Å². The molecular weight excluding hydrogens is 527 g/mol. The van der Waals surface area contributed by atoms with Crippen molar-refractivity contribution in [2.75, 3.05) is 64.4 Å². The van der Waals surface area contributed by atoms with Crippen LogP contribution in [0.15, 0.2) is 48.5 Å². The molecule has 0 radical (unpaired) electrons. The van der Waals surface area contributed by atoms with Gasteiger partial charge in [0.05, 0.1) is 18.7 Å². The lowest BCUT2D eigenvalue weighted by Crippen LogP contribution is -2.58. The van der Waals surface area contributed by atoms with Gasteiger partial charge in [0.25, 0.3) is 0 Å². The Hall–Kier alpha value is -2.95. The number of carbonyl (C=O) groups excluding carboxylic acids is 1. The maximum Gasteiger partial charge on any atom is 0.305 e. The molecule has 3 heterocycles. The van der Waals surface area contributed by atoms with Gasteiger partial charge in [0.2, 0.25) is 0 Å². The number of hydrogen-bond acceptors (Lipinski definition) is 6. The van der Waals surface area contributed by atoms with Gasteiger partial charge in [0.1, 0.15) is 5.82 Å². The average molecular weight is 573 g/mol. The molecule has 0 unspecified atom stereocenters. The standard InChI is InChI=1S/C35H45FN4O2/c1-42-34(41)19-28-5-2-8-33(28)35(25-39-15-4-16-39,30-6-3-7-31(36)20-30)29-13-17-38(18-14-29)22-27-23-40(24-27)32-11-9-26(21-37)10-12-32/h3,6-7,9-12,20,27-29,33H,2,4-5,8,13-19,22-25H2,1H3/t28-,33+,35+/m1/s1. The molecule has 0 spiro atoms. The van der Waals surface area contributed by atoms with Crippen LogP contribution in [0.2, 0.25) is 0 Å². The van der Waals surface area contributed by atoms with Crippen LogP contribution in [0.25, 0.3) is 0 Å². The lowest BCUT2D eigenvalue weighted by molar-refractivity contribution is -0.142. The Morgan fingerprint density at radius 1 is 1.00 bits per heavy atom. The van der Waals surface area contributed by atoms with Crippen molar-refractivity contribution in [3.63, 3.8) is 0 Å². The molecule has 0 amide bonds. The van der Waals surface area contributed by atoms with E-state index < -0.39 is 0 Å². The number of likely N-dealkylation sites (tertiary alicyclic amines) is 2. The first kappa shape index (κ1) is 29.1. The van der Waals surface area contributed by atoms with Gasteiger partial charge < -0.3 is 19.4 Å². The Morgan fingerprint density at radius 3 is 2.40 bits per heavy atom. The second-order valence-electron chi connectivity index (χ2n) is 13.3. The van der Waals surface area contributed by atoms with Gasteiger partial charge in [-0.1, -0.05) is 18.6 Å². The Labute approximate surface area is 250 Å². The molecule has 2 aromatic rings. The van der Waals surface area contributed by atoms with Gasteiger partial charge in [-0.15, -0.1) is 0 Å². The number of carbonyl (C=O) groups is 1. The van der Waals surface area contributed by atoms with E-state index in [2.05, 4.69) is 39.0 Å². The van der Waals surface area contributed by atoms with Crippen LogP contribution in [-0.4, -0.2) is 75.2 Å². The Kier molecular flexibility index (Phi) is 8.83. The van der Waals surface area contributed by atoms with E-state index in [1.165, 1.54) is 19.2 Å². The molecule has 1 aliphatic carbocycles. The summed E-state index contributed by atoms with van der Waals surface area (Å²) in [6, 6.07) is 17.6. The van der Waals surface area contributed by atoms with E-state index in [0.717, 1.165) is 90.0 Å². The molecule has 3 saturated heterocycles. The number of nitriles is 1. The summed E-state index contributed by atoms with van der Waals surface area (Å²) in [5.41, 5.74) is 2.89. The van der Waals surface area contributed by atoms with Crippen molar-refractivity contribution in [1.29, 1.82) is 5.26 Å². The topological polar surface area (TPSA) is 59.8 Å². The van der Waals surface area contributed by atoms with E-state index in [1.54, 1.807) is 6.07 Å². The fraction of sp³-hybridized carbons (Fsp3) is 0.600. The summed E-state index contributed by atoms with van der Waals surface area (Å²) in [4.78, 5) is 20.1. The van der Waals surface area contributed by atoms with Crippen molar-refractivity contribution in [3.05, 3.63) is 65.5 Å². The summed E-state index contributed by atoms with van der Waals surface area (Å²) >= 11 is 0. The number of benzene rings is 2. The van der Waals surface area contributed by atoms with Crippen molar-refractivity contribution < 1.29 is 13.9 Å². The smallest absolute Gasteiger partial charge is 0.305 e. The summed E-state index contributed by atoms with van der Waals surface area (Å²) in [6.07, 6.45) is 7.19. The Morgan fingerprint density at radius 2 is 1.76 bits per heavy atom. The monoisotopic (exact) mass is 572 g/mol. The lowest BCUT2D eigenvalue weighted by Gasteiger charge is -2.54. The van der Waals surface area contributed by atoms with Gasteiger partial charge in [-0.3, -0.25) is 4.79 Å². The maximum absolute atomic E-state index is 14.9. The number of rotatable bonds is 10. The highest BCUT2D eigenvalue weighted by Crippen LogP contribution is 2.54. The minimum Gasteiger partial charge on any atom is -0.469 e. The lowest BCUT2D eigenvalue weighted by atomic mass is 9.56. The first-order chi connectivity index (χ1) is 20.5. The minimum atomic E-state index is -0.160. The summed E-state index contributed by atoms with van der Waals surface area (Å²) in [7, 11) is 1.49. The fourth-order valence-electron chi connectivity index (χ4n) is 8.67. The summed E-state index contributed by atoms with van der Waals surface area (Å²) < 4.78 is 20.0. The number of methoxy groups -OCH3 is 1. The molecule has 42 heavy (non-hydrogen) atoms. The molecule has 7 heteroatoms. The van der Waals surface area contributed by atoms with E-state index >= 15 is 0 Å². The zero-order valence-corrected chi connectivity index (χ0v) is 25.0. The number of ether oxygens (including phenoxy) is 1. The van der Waals surface area contributed by atoms with Crippen molar-refractivity contribution >= 4 is 11.7 Å². The van der Waals surface area contributed by atoms with E-state index in [4.69, 9.17) is 10.00 Å². The van der Waals surface area contributed by atoms with Gasteiger partial charge in [0.15, 0.2) is 0 Å². The molecule has 0 N–H and O–H groups in total. The van der Waals surface area contributed by atoms with Crippen LogP contribution in [0.1, 0.15) is 56.1 Å². The van der Waals surface area contributed by atoms with Crippen molar-refractivity contribution in [1.82, 2.24) is 9.80 Å². The second-order valence-corrected chi connectivity index (χ2v) is 13.3. The van der Waals surface area contributed by atoms with Crippen LogP contribution < -0.4 is 4.90 Å².